The van der Waals surface area contributed by atoms with Crippen LogP contribution in [0, 0.1) is 6.92 Å². The number of nitrogens with one attached hydrogen (secondary N) is 1. The molecule has 10 heteroatoms. The van der Waals surface area contributed by atoms with Crippen LogP contribution in [0.25, 0.3) is 15.9 Å². The number of amides is 1. The van der Waals surface area contributed by atoms with Gasteiger partial charge >= 0.3 is 5.91 Å². The van der Waals surface area contributed by atoms with E-state index in [2.05, 4.69) is 20.5 Å². The Morgan fingerprint density at radius 2 is 2.04 bits per heavy atom. The number of fused-ring (bicyclic) bond motifs is 1. The van der Waals surface area contributed by atoms with Gasteiger partial charge in [-0.15, -0.1) is 16.4 Å². The van der Waals surface area contributed by atoms with Crippen LogP contribution < -0.4 is 11.0 Å². The lowest BCUT2D eigenvalue weighted by molar-refractivity contribution is 0.0997. The average Bonchev–Trinajstić information content (AvgIpc) is 3.28. The van der Waals surface area contributed by atoms with E-state index in [-0.39, 0.29) is 11.4 Å². The minimum atomic E-state index is -0.606. The number of carbonyl (C=O) groups is 1. The van der Waals surface area contributed by atoms with Crippen molar-refractivity contribution in [2.45, 2.75) is 20.3 Å². The maximum Gasteiger partial charge on any atom is 0.309 e. The molecular weight excluding hydrogens is 400 g/mol. The fourth-order valence-electron chi connectivity index (χ4n) is 2.70. The molecule has 3 aromatic heterocycles. The SMILES string of the molecule is CCc1cc2c(=O)n(NC(=O)c3nc(C)n(-c4ccc(Cl)cc4)n3)cnc2s1. The Bertz CT molecular complexity index is 1240. The zero-order valence-corrected chi connectivity index (χ0v) is 16.6. The molecule has 0 bridgehead atoms. The van der Waals surface area contributed by atoms with E-state index in [4.69, 9.17) is 11.6 Å². The van der Waals surface area contributed by atoms with Gasteiger partial charge in [-0.25, -0.2) is 19.3 Å². The molecule has 0 aliphatic heterocycles. The van der Waals surface area contributed by atoms with E-state index in [1.807, 2.05) is 6.92 Å². The second kappa shape index (κ2) is 7.17. The molecule has 0 saturated carbocycles. The highest BCUT2D eigenvalue weighted by atomic mass is 35.5. The van der Waals surface area contributed by atoms with Gasteiger partial charge in [-0.1, -0.05) is 18.5 Å². The van der Waals surface area contributed by atoms with Crippen LogP contribution in [0.5, 0.6) is 0 Å². The first-order valence-corrected chi connectivity index (χ1v) is 9.66. The summed E-state index contributed by atoms with van der Waals surface area (Å²) in [6.45, 7) is 3.74. The highest BCUT2D eigenvalue weighted by Crippen LogP contribution is 2.20. The van der Waals surface area contributed by atoms with Gasteiger partial charge in [0.25, 0.3) is 5.56 Å². The summed E-state index contributed by atoms with van der Waals surface area (Å²) in [6, 6.07) is 8.80. The molecule has 3 heterocycles. The minimum absolute atomic E-state index is 0.0565. The Balaban J connectivity index is 1.63. The van der Waals surface area contributed by atoms with Crippen LogP contribution in [0.2, 0.25) is 5.02 Å². The van der Waals surface area contributed by atoms with Crippen LogP contribution >= 0.6 is 22.9 Å². The number of aryl methyl sites for hydroxylation is 2. The molecule has 0 unspecified atom stereocenters. The number of benzene rings is 1. The molecule has 0 aliphatic carbocycles. The van der Waals surface area contributed by atoms with E-state index in [9.17, 15) is 9.59 Å². The summed E-state index contributed by atoms with van der Waals surface area (Å²) in [7, 11) is 0. The van der Waals surface area contributed by atoms with Gasteiger partial charge < -0.3 is 0 Å². The molecule has 0 aliphatic rings. The standard InChI is InChI=1S/C18H15ClN6O2S/c1-3-13-8-14-17(28-13)20-9-24(18(14)27)23-16(26)15-21-10(2)25(22-15)12-6-4-11(19)5-7-12/h4-9H,3H2,1-2H3,(H,23,26). The summed E-state index contributed by atoms with van der Waals surface area (Å²) in [5.74, 6) is -0.136. The fourth-order valence-corrected chi connectivity index (χ4v) is 3.75. The van der Waals surface area contributed by atoms with Crippen LogP contribution in [-0.4, -0.2) is 30.3 Å². The molecule has 4 rings (SSSR count). The number of rotatable bonds is 4. The first-order chi connectivity index (χ1) is 13.5. The Labute approximate surface area is 168 Å². The second-order valence-corrected chi connectivity index (χ2v) is 7.57. The second-order valence-electron chi connectivity index (χ2n) is 6.02. The van der Waals surface area contributed by atoms with Crippen molar-refractivity contribution in [3.05, 3.63) is 68.6 Å². The van der Waals surface area contributed by atoms with Crippen LogP contribution in [0.1, 0.15) is 28.2 Å². The highest BCUT2D eigenvalue weighted by molar-refractivity contribution is 7.18. The normalized spacial score (nSPS) is 11.1. The van der Waals surface area contributed by atoms with E-state index in [1.165, 1.54) is 22.3 Å². The van der Waals surface area contributed by atoms with Gasteiger partial charge in [0.15, 0.2) is 0 Å². The molecule has 1 aromatic carbocycles. The van der Waals surface area contributed by atoms with Gasteiger partial charge in [-0.05, 0) is 43.7 Å². The van der Waals surface area contributed by atoms with Gasteiger partial charge in [0.1, 0.15) is 17.0 Å². The molecule has 8 nitrogen and oxygen atoms in total. The van der Waals surface area contributed by atoms with E-state index in [0.717, 1.165) is 21.7 Å². The first kappa shape index (κ1) is 18.3. The summed E-state index contributed by atoms with van der Waals surface area (Å²) < 4.78 is 2.58. The molecule has 28 heavy (non-hydrogen) atoms. The molecule has 0 saturated heterocycles. The molecule has 142 valence electrons. The number of thiophene rings is 1. The van der Waals surface area contributed by atoms with E-state index in [0.29, 0.717) is 21.1 Å². The Morgan fingerprint density at radius 1 is 1.29 bits per heavy atom. The number of halogens is 1. The van der Waals surface area contributed by atoms with Crippen molar-refractivity contribution in [3.8, 4) is 5.69 Å². The maximum atomic E-state index is 12.6. The van der Waals surface area contributed by atoms with Gasteiger partial charge in [0.05, 0.1) is 11.1 Å². The lowest BCUT2D eigenvalue weighted by Gasteiger charge is -2.05. The summed E-state index contributed by atoms with van der Waals surface area (Å²) in [5.41, 5.74) is 2.87. The Morgan fingerprint density at radius 3 is 2.75 bits per heavy atom. The predicted molar refractivity (Wildman–Crippen MR) is 108 cm³/mol. The number of aromatic nitrogens is 5. The smallest absolute Gasteiger partial charge is 0.267 e. The zero-order valence-electron chi connectivity index (χ0n) is 15.0. The van der Waals surface area contributed by atoms with Crippen molar-refractivity contribution in [1.82, 2.24) is 24.4 Å². The molecule has 0 radical (unpaired) electrons. The van der Waals surface area contributed by atoms with Gasteiger partial charge in [-0.2, -0.15) is 0 Å². The molecule has 1 N–H and O–H groups in total. The molecular formula is C18H15ClN6O2S. The zero-order chi connectivity index (χ0) is 19.8. The molecule has 1 amide bonds. The molecule has 0 atom stereocenters. The van der Waals surface area contributed by atoms with E-state index in [1.54, 1.807) is 37.3 Å². The molecule has 0 spiro atoms. The van der Waals surface area contributed by atoms with Crippen molar-refractivity contribution in [2.75, 3.05) is 5.43 Å². The number of hydrogen-bond donors (Lipinski definition) is 1. The fraction of sp³-hybridized carbons (Fsp3) is 0.167. The molecule has 4 aromatic rings. The third kappa shape index (κ3) is 3.30. The first-order valence-electron chi connectivity index (χ1n) is 8.47. The third-order valence-electron chi connectivity index (χ3n) is 4.12. The topological polar surface area (TPSA) is 94.7 Å². The quantitative estimate of drug-likeness (QED) is 0.554. The van der Waals surface area contributed by atoms with Gasteiger partial charge in [0, 0.05) is 9.90 Å². The Kier molecular flexibility index (Phi) is 4.70. The van der Waals surface area contributed by atoms with E-state index >= 15 is 0 Å². The summed E-state index contributed by atoms with van der Waals surface area (Å²) in [4.78, 5) is 35.3. The maximum absolute atomic E-state index is 12.6. The third-order valence-corrected chi connectivity index (χ3v) is 5.56. The minimum Gasteiger partial charge on any atom is -0.267 e. The van der Waals surface area contributed by atoms with Crippen molar-refractivity contribution in [1.29, 1.82) is 0 Å². The lowest BCUT2D eigenvalue weighted by Crippen LogP contribution is -2.33. The monoisotopic (exact) mass is 414 g/mol. The van der Waals surface area contributed by atoms with Crippen molar-refractivity contribution < 1.29 is 4.79 Å². The average molecular weight is 415 g/mol. The number of hydrogen-bond acceptors (Lipinski definition) is 6. The van der Waals surface area contributed by atoms with Crippen LogP contribution in [0.4, 0.5) is 0 Å². The Hall–Kier alpha value is -3.04. The lowest BCUT2D eigenvalue weighted by atomic mass is 10.3. The van der Waals surface area contributed by atoms with Gasteiger partial charge in [-0.3, -0.25) is 15.0 Å². The summed E-state index contributed by atoms with van der Waals surface area (Å²) in [5, 5.41) is 5.30. The van der Waals surface area contributed by atoms with Gasteiger partial charge in [0.2, 0.25) is 5.82 Å². The summed E-state index contributed by atoms with van der Waals surface area (Å²) in [6.07, 6.45) is 2.11. The van der Waals surface area contributed by atoms with E-state index < -0.39 is 5.91 Å². The number of nitrogens with zero attached hydrogens (tertiary/aromatic N) is 5. The predicted octanol–water partition coefficient (Wildman–Crippen LogP) is 2.95. The van der Waals surface area contributed by atoms with Crippen molar-refractivity contribution in [2.24, 2.45) is 0 Å². The molecule has 0 fully saturated rings. The van der Waals surface area contributed by atoms with Crippen LogP contribution in [0.15, 0.2) is 41.5 Å². The van der Waals surface area contributed by atoms with Crippen LogP contribution in [0.3, 0.4) is 0 Å². The largest absolute Gasteiger partial charge is 0.309 e. The summed E-state index contributed by atoms with van der Waals surface area (Å²) >= 11 is 7.37. The van der Waals surface area contributed by atoms with Crippen LogP contribution in [-0.2, 0) is 6.42 Å². The number of carbonyl (C=O) groups excluding carboxylic acids is 1. The highest BCUT2D eigenvalue weighted by Gasteiger charge is 2.17. The van der Waals surface area contributed by atoms with Crippen molar-refractivity contribution >= 4 is 39.1 Å². The van der Waals surface area contributed by atoms with Crippen molar-refractivity contribution in [3.63, 3.8) is 0 Å².